The minimum atomic E-state index is -3.14. The Balaban J connectivity index is 1.98. The summed E-state index contributed by atoms with van der Waals surface area (Å²) in [5.74, 6) is 0. The molecule has 2 atom stereocenters. The van der Waals surface area contributed by atoms with Gasteiger partial charge in [0.15, 0.2) is 9.84 Å². The highest BCUT2D eigenvalue weighted by atomic mass is 32.2. The largest absolute Gasteiger partial charge is 0.382 e. The average molecular weight is 282 g/mol. The summed E-state index contributed by atoms with van der Waals surface area (Å²) >= 11 is 0. The van der Waals surface area contributed by atoms with Crippen molar-refractivity contribution in [2.75, 3.05) is 18.1 Å². The second-order valence-electron chi connectivity index (χ2n) is 5.37. The van der Waals surface area contributed by atoms with Crippen LogP contribution >= 0.6 is 0 Å². The lowest BCUT2D eigenvalue weighted by Gasteiger charge is -2.19. The standard InChI is InChI=1S/C14H22N2O2S/c1-11(9-12-6-4-8-15-12)16-13-5-3-7-14(10-13)19(2,17)18/h3,5,7,10-12,15-16H,4,6,8-9H2,1-2H3. The van der Waals surface area contributed by atoms with Crippen LogP contribution < -0.4 is 10.6 Å². The quantitative estimate of drug-likeness (QED) is 0.867. The number of rotatable bonds is 5. The van der Waals surface area contributed by atoms with Gasteiger partial charge in [0.05, 0.1) is 4.90 Å². The topological polar surface area (TPSA) is 58.2 Å². The number of nitrogens with one attached hydrogen (secondary N) is 2. The smallest absolute Gasteiger partial charge is 0.175 e. The molecule has 1 aliphatic rings. The molecule has 0 aromatic heterocycles. The SMILES string of the molecule is CC(CC1CCCN1)Nc1cccc(S(C)(=O)=O)c1. The van der Waals surface area contributed by atoms with Crippen molar-refractivity contribution in [3.8, 4) is 0 Å². The van der Waals surface area contributed by atoms with Crippen molar-refractivity contribution in [1.29, 1.82) is 0 Å². The van der Waals surface area contributed by atoms with Gasteiger partial charge in [0.25, 0.3) is 0 Å². The van der Waals surface area contributed by atoms with Crippen LogP contribution in [-0.2, 0) is 9.84 Å². The summed E-state index contributed by atoms with van der Waals surface area (Å²) in [6, 6.07) is 7.93. The monoisotopic (exact) mass is 282 g/mol. The molecule has 0 saturated carbocycles. The number of hydrogen-bond acceptors (Lipinski definition) is 4. The third-order valence-corrected chi connectivity index (χ3v) is 4.59. The van der Waals surface area contributed by atoms with Crippen LogP contribution in [-0.4, -0.2) is 33.3 Å². The van der Waals surface area contributed by atoms with Gasteiger partial charge >= 0.3 is 0 Å². The maximum atomic E-state index is 11.5. The predicted molar refractivity (Wildman–Crippen MR) is 78.3 cm³/mol. The van der Waals surface area contributed by atoms with Crippen molar-refractivity contribution in [3.63, 3.8) is 0 Å². The summed E-state index contributed by atoms with van der Waals surface area (Å²) in [4.78, 5) is 0.365. The van der Waals surface area contributed by atoms with Crippen molar-refractivity contribution >= 4 is 15.5 Å². The van der Waals surface area contributed by atoms with Crippen molar-refractivity contribution in [2.45, 2.75) is 43.2 Å². The Morgan fingerprint density at radius 2 is 2.26 bits per heavy atom. The third kappa shape index (κ3) is 4.21. The van der Waals surface area contributed by atoms with Crippen LogP contribution in [0.2, 0.25) is 0 Å². The minimum Gasteiger partial charge on any atom is -0.382 e. The first-order valence-corrected chi connectivity index (χ1v) is 8.64. The van der Waals surface area contributed by atoms with Gasteiger partial charge in [-0.1, -0.05) is 6.07 Å². The Bertz CT molecular complexity index is 522. The van der Waals surface area contributed by atoms with E-state index in [1.807, 2.05) is 6.07 Å². The van der Waals surface area contributed by atoms with Gasteiger partial charge in [-0.3, -0.25) is 0 Å². The van der Waals surface area contributed by atoms with Crippen LogP contribution in [0.1, 0.15) is 26.2 Å². The molecule has 1 heterocycles. The Kier molecular flexibility index (Phi) is 4.47. The molecular weight excluding hydrogens is 260 g/mol. The van der Waals surface area contributed by atoms with Gasteiger partial charge in [-0.05, 0) is 50.9 Å². The predicted octanol–water partition coefficient (Wildman–Crippen LogP) is 2.03. The molecular formula is C14H22N2O2S. The van der Waals surface area contributed by atoms with E-state index in [0.717, 1.165) is 18.7 Å². The second-order valence-corrected chi connectivity index (χ2v) is 7.39. The van der Waals surface area contributed by atoms with Crippen LogP contribution in [0.3, 0.4) is 0 Å². The maximum Gasteiger partial charge on any atom is 0.175 e. The molecule has 1 aromatic rings. The Labute approximate surface area is 115 Å². The normalized spacial score (nSPS) is 21.3. The molecule has 1 fully saturated rings. The van der Waals surface area contributed by atoms with Gasteiger partial charge in [-0.25, -0.2) is 8.42 Å². The molecule has 0 bridgehead atoms. The summed E-state index contributed by atoms with van der Waals surface area (Å²) in [5, 5.41) is 6.85. The molecule has 2 N–H and O–H groups in total. The highest BCUT2D eigenvalue weighted by Crippen LogP contribution is 2.18. The second kappa shape index (κ2) is 5.92. The average Bonchev–Trinajstić information content (AvgIpc) is 2.80. The fraction of sp³-hybridized carbons (Fsp3) is 0.571. The zero-order valence-corrected chi connectivity index (χ0v) is 12.3. The van der Waals surface area contributed by atoms with Gasteiger partial charge in [0, 0.05) is 24.0 Å². The van der Waals surface area contributed by atoms with E-state index < -0.39 is 9.84 Å². The van der Waals surface area contributed by atoms with E-state index in [1.165, 1.54) is 19.1 Å². The molecule has 1 aliphatic heterocycles. The molecule has 5 heteroatoms. The number of hydrogen-bond donors (Lipinski definition) is 2. The molecule has 106 valence electrons. The van der Waals surface area contributed by atoms with Gasteiger partial charge in [0.1, 0.15) is 0 Å². The van der Waals surface area contributed by atoms with Gasteiger partial charge in [0.2, 0.25) is 0 Å². The summed E-state index contributed by atoms with van der Waals surface area (Å²) in [5.41, 5.74) is 0.869. The molecule has 0 radical (unpaired) electrons. The van der Waals surface area contributed by atoms with Crippen molar-refractivity contribution in [3.05, 3.63) is 24.3 Å². The molecule has 1 saturated heterocycles. The van der Waals surface area contributed by atoms with Gasteiger partial charge in [-0.15, -0.1) is 0 Å². The van der Waals surface area contributed by atoms with E-state index in [1.54, 1.807) is 18.2 Å². The highest BCUT2D eigenvalue weighted by Gasteiger charge is 2.17. The fourth-order valence-corrected chi connectivity index (χ4v) is 3.21. The van der Waals surface area contributed by atoms with E-state index in [0.29, 0.717) is 17.0 Å². The third-order valence-electron chi connectivity index (χ3n) is 3.48. The first-order chi connectivity index (χ1) is 8.95. The van der Waals surface area contributed by atoms with Crippen molar-refractivity contribution < 1.29 is 8.42 Å². The zero-order chi connectivity index (χ0) is 13.9. The Hall–Kier alpha value is -1.07. The minimum absolute atomic E-state index is 0.324. The first kappa shape index (κ1) is 14.3. The molecule has 0 aliphatic carbocycles. The lowest BCUT2D eigenvalue weighted by Crippen LogP contribution is -2.29. The number of anilines is 1. The van der Waals surface area contributed by atoms with E-state index in [9.17, 15) is 8.42 Å². The van der Waals surface area contributed by atoms with Crippen LogP contribution in [0.4, 0.5) is 5.69 Å². The molecule has 1 aromatic carbocycles. The van der Waals surface area contributed by atoms with E-state index in [-0.39, 0.29) is 0 Å². The molecule has 0 spiro atoms. The molecule has 2 unspecified atom stereocenters. The summed E-state index contributed by atoms with van der Waals surface area (Å²) < 4.78 is 23.0. The van der Waals surface area contributed by atoms with Crippen molar-refractivity contribution in [2.24, 2.45) is 0 Å². The van der Waals surface area contributed by atoms with Crippen LogP contribution in [0.5, 0.6) is 0 Å². The molecule has 0 amide bonds. The summed E-state index contributed by atoms with van der Waals surface area (Å²) in [6.45, 7) is 3.24. The molecule has 2 rings (SSSR count). The van der Waals surface area contributed by atoms with E-state index in [4.69, 9.17) is 0 Å². The molecule has 4 nitrogen and oxygen atoms in total. The zero-order valence-electron chi connectivity index (χ0n) is 11.5. The first-order valence-electron chi connectivity index (χ1n) is 6.75. The van der Waals surface area contributed by atoms with E-state index >= 15 is 0 Å². The lowest BCUT2D eigenvalue weighted by molar-refractivity contribution is 0.523. The Morgan fingerprint density at radius 1 is 1.47 bits per heavy atom. The lowest BCUT2D eigenvalue weighted by atomic mass is 10.1. The van der Waals surface area contributed by atoms with Crippen LogP contribution in [0.15, 0.2) is 29.2 Å². The maximum absolute atomic E-state index is 11.5. The number of benzene rings is 1. The fourth-order valence-electron chi connectivity index (χ4n) is 2.54. The van der Waals surface area contributed by atoms with Crippen LogP contribution in [0, 0.1) is 0 Å². The number of sulfone groups is 1. The Morgan fingerprint density at radius 3 is 2.89 bits per heavy atom. The van der Waals surface area contributed by atoms with Gasteiger partial charge in [-0.2, -0.15) is 0 Å². The summed E-state index contributed by atoms with van der Waals surface area (Å²) in [6.07, 6.45) is 4.78. The highest BCUT2D eigenvalue weighted by molar-refractivity contribution is 7.90. The van der Waals surface area contributed by atoms with Crippen LogP contribution in [0.25, 0.3) is 0 Å². The summed E-state index contributed by atoms with van der Waals surface area (Å²) in [7, 11) is -3.14. The van der Waals surface area contributed by atoms with Gasteiger partial charge < -0.3 is 10.6 Å². The van der Waals surface area contributed by atoms with E-state index in [2.05, 4.69) is 17.6 Å². The molecule has 19 heavy (non-hydrogen) atoms. The van der Waals surface area contributed by atoms with Crippen molar-refractivity contribution in [1.82, 2.24) is 5.32 Å².